The molecule has 1 atom stereocenters. The number of nitrogens with zero attached hydrogens (tertiary/aromatic N) is 1. The minimum Gasteiger partial charge on any atom is -0.358 e. The van der Waals surface area contributed by atoms with Crippen molar-refractivity contribution in [2.45, 2.75) is 19.9 Å². The van der Waals surface area contributed by atoms with Crippen LogP contribution < -0.4 is 10.6 Å². The Bertz CT molecular complexity index is 709. The van der Waals surface area contributed by atoms with Crippen LogP contribution in [0, 0.1) is 0 Å². The van der Waals surface area contributed by atoms with Gasteiger partial charge in [-0.2, -0.15) is 0 Å². The Hall–Kier alpha value is -2.40. The highest BCUT2D eigenvalue weighted by atomic mass is 16.2. The molecule has 2 amide bonds. The highest BCUT2D eigenvalue weighted by molar-refractivity contribution is 5.87. The van der Waals surface area contributed by atoms with E-state index >= 15 is 0 Å². The van der Waals surface area contributed by atoms with Crippen LogP contribution in [-0.2, 0) is 9.59 Å². The molecule has 0 aliphatic heterocycles. The van der Waals surface area contributed by atoms with Crippen molar-refractivity contribution in [2.75, 3.05) is 26.7 Å². The molecule has 0 heterocycles. The lowest BCUT2D eigenvalue weighted by molar-refractivity contribution is -0.125. The number of carbonyl (C=O) groups is 2. The zero-order valence-corrected chi connectivity index (χ0v) is 14.5. The third-order valence-corrected chi connectivity index (χ3v) is 4.13. The summed E-state index contributed by atoms with van der Waals surface area (Å²) in [4.78, 5) is 25.6. The lowest BCUT2D eigenvalue weighted by atomic mass is 10.00. The predicted octanol–water partition coefficient (Wildman–Crippen LogP) is 2.08. The number of carbonyl (C=O) groups excluding carboxylic acids is 2. The van der Waals surface area contributed by atoms with Crippen LogP contribution in [0.1, 0.15) is 25.5 Å². The second-order valence-corrected chi connectivity index (χ2v) is 5.83. The van der Waals surface area contributed by atoms with Gasteiger partial charge in [-0.1, -0.05) is 49.4 Å². The molecule has 0 aliphatic rings. The number of hydrogen-bond acceptors (Lipinski definition) is 3. The van der Waals surface area contributed by atoms with E-state index in [0.717, 1.165) is 16.3 Å². The zero-order chi connectivity index (χ0) is 17.5. The van der Waals surface area contributed by atoms with Crippen molar-refractivity contribution in [3.8, 4) is 0 Å². The van der Waals surface area contributed by atoms with Crippen LogP contribution in [0.3, 0.4) is 0 Å². The lowest BCUT2D eigenvalue weighted by Gasteiger charge is -2.21. The molecule has 2 rings (SSSR count). The molecule has 0 spiro atoms. The number of nitrogens with one attached hydrogen (secondary N) is 2. The van der Waals surface area contributed by atoms with Crippen LogP contribution >= 0.6 is 0 Å². The van der Waals surface area contributed by atoms with Gasteiger partial charge in [0.05, 0.1) is 19.1 Å². The van der Waals surface area contributed by atoms with Crippen LogP contribution in [0.5, 0.6) is 0 Å². The lowest BCUT2D eigenvalue weighted by Crippen LogP contribution is -2.42. The van der Waals surface area contributed by atoms with E-state index in [2.05, 4.69) is 28.8 Å². The molecule has 1 unspecified atom stereocenters. The van der Waals surface area contributed by atoms with Crippen LogP contribution in [-0.4, -0.2) is 43.4 Å². The minimum atomic E-state index is -0.0951. The van der Waals surface area contributed by atoms with Crippen molar-refractivity contribution in [1.82, 2.24) is 15.5 Å². The Balaban J connectivity index is 2.04. The summed E-state index contributed by atoms with van der Waals surface area (Å²) in [5.74, 6) is -0.173. The monoisotopic (exact) mass is 327 g/mol. The first kappa shape index (κ1) is 17.9. The molecular formula is C19H25N3O2. The molecule has 24 heavy (non-hydrogen) atoms. The van der Waals surface area contributed by atoms with Gasteiger partial charge in [0.2, 0.25) is 11.8 Å². The van der Waals surface area contributed by atoms with Crippen molar-refractivity contribution in [3.63, 3.8) is 0 Å². The average Bonchev–Trinajstić information content (AvgIpc) is 2.60. The number of amides is 2. The van der Waals surface area contributed by atoms with Crippen LogP contribution in [0.25, 0.3) is 10.8 Å². The summed E-state index contributed by atoms with van der Waals surface area (Å²) in [6.45, 7) is 4.99. The Morgan fingerprint density at radius 3 is 2.42 bits per heavy atom. The highest BCUT2D eigenvalue weighted by Gasteiger charge is 2.16. The van der Waals surface area contributed by atoms with Crippen molar-refractivity contribution >= 4 is 22.6 Å². The Morgan fingerprint density at radius 2 is 1.71 bits per heavy atom. The minimum absolute atomic E-state index is 0.0822. The summed E-state index contributed by atoms with van der Waals surface area (Å²) in [7, 11) is 1.60. The number of rotatable bonds is 7. The summed E-state index contributed by atoms with van der Waals surface area (Å²) >= 11 is 0. The second-order valence-electron chi connectivity index (χ2n) is 5.83. The fourth-order valence-corrected chi connectivity index (χ4v) is 2.76. The summed E-state index contributed by atoms with van der Waals surface area (Å²) in [5, 5.41) is 7.91. The fourth-order valence-electron chi connectivity index (χ4n) is 2.76. The highest BCUT2D eigenvalue weighted by Crippen LogP contribution is 2.23. The first-order valence-corrected chi connectivity index (χ1v) is 8.25. The maximum atomic E-state index is 12.3. The second kappa shape index (κ2) is 8.45. The first-order chi connectivity index (χ1) is 11.5. The third-order valence-electron chi connectivity index (χ3n) is 4.13. The van der Waals surface area contributed by atoms with Gasteiger partial charge in [0, 0.05) is 7.05 Å². The zero-order valence-electron chi connectivity index (χ0n) is 14.5. The SMILES string of the molecule is CCN(CC(=O)NC)CC(=O)NC(C)c1cccc2ccccc12. The van der Waals surface area contributed by atoms with Gasteiger partial charge in [-0.05, 0) is 29.8 Å². The Kier molecular flexibility index (Phi) is 6.32. The van der Waals surface area contributed by atoms with E-state index in [4.69, 9.17) is 0 Å². The van der Waals surface area contributed by atoms with E-state index in [1.165, 1.54) is 0 Å². The molecular weight excluding hydrogens is 302 g/mol. The molecule has 0 radical (unpaired) electrons. The van der Waals surface area contributed by atoms with Crippen molar-refractivity contribution < 1.29 is 9.59 Å². The smallest absolute Gasteiger partial charge is 0.234 e. The molecule has 2 N–H and O–H groups in total. The van der Waals surface area contributed by atoms with Gasteiger partial charge in [0.1, 0.15) is 0 Å². The molecule has 0 aliphatic carbocycles. The maximum absolute atomic E-state index is 12.3. The first-order valence-electron chi connectivity index (χ1n) is 8.25. The van der Waals surface area contributed by atoms with Crippen molar-refractivity contribution in [3.05, 3.63) is 48.0 Å². The van der Waals surface area contributed by atoms with E-state index in [1.54, 1.807) is 7.05 Å². The third kappa shape index (κ3) is 4.55. The quantitative estimate of drug-likeness (QED) is 0.818. The van der Waals surface area contributed by atoms with Crippen LogP contribution in [0.4, 0.5) is 0 Å². The molecule has 2 aromatic carbocycles. The summed E-state index contributed by atoms with van der Waals surface area (Å²) in [6, 6.07) is 14.2. The number of likely N-dealkylation sites (N-methyl/N-ethyl adjacent to an activating group) is 2. The van der Waals surface area contributed by atoms with E-state index < -0.39 is 0 Å². The van der Waals surface area contributed by atoms with Gasteiger partial charge in [-0.25, -0.2) is 0 Å². The predicted molar refractivity (Wildman–Crippen MR) is 96.7 cm³/mol. The van der Waals surface area contributed by atoms with E-state index in [9.17, 15) is 9.59 Å². The largest absolute Gasteiger partial charge is 0.358 e. The Labute approximate surface area is 143 Å². The van der Waals surface area contributed by atoms with E-state index in [-0.39, 0.29) is 30.9 Å². The van der Waals surface area contributed by atoms with Gasteiger partial charge in [-0.3, -0.25) is 14.5 Å². The summed E-state index contributed by atoms with van der Waals surface area (Å²) in [5.41, 5.74) is 1.09. The van der Waals surface area contributed by atoms with Crippen molar-refractivity contribution in [2.24, 2.45) is 0 Å². The van der Waals surface area contributed by atoms with Gasteiger partial charge in [-0.15, -0.1) is 0 Å². The molecule has 5 nitrogen and oxygen atoms in total. The van der Waals surface area contributed by atoms with Gasteiger partial charge in [0.15, 0.2) is 0 Å². The standard InChI is InChI=1S/C19H25N3O2/c1-4-22(12-18(23)20-3)13-19(24)21-14(2)16-11-7-9-15-8-5-6-10-17(15)16/h5-11,14H,4,12-13H2,1-3H3,(H,20,23)(H,21,24). The fraction of sp³-hybridized carbons (Fsp3) is 0.368. The molecule has 0 bridgehead atoms. The van der Waals surface area contributed by atoms with E-state index in [0.29, 0.717) is 6.54 Å². The topological polar surface area (TPSA) is 61.4 Å². The van der Waals surface area contributed by atoms with Crippen LogP contribution in [0.15, 0.2) is 42.5 Å². The van der Waals surface area contributed by atoms with Crippen molar-refractivity contribution in [1.29, 1.82) is 0 Å². The molecule has 0 aromatic heterocycles. The molecule has 0 saturated heterocycles. The number of hydrogen-bond donors (Lipinski definition) is 2. The van der Waals surface area contributed by atoms with Crippen LogP contribution in [0.2, 0.25) is 0 Å². The Morgan fingerprint density at radius 1 is 1.04 bits per heavy atom. The molecule has 0 saturated carbocycles. The van der Waals surface area contributed by atoms with Gasteiger partial charge < -0.3 is 10.6 Å². The maximum Gasteiger partial charge on any atom is 0.234 e. The summed E-state index contributed by atoms with van der Waals surface area (Å²) < 4.78 is 0. The normalized spacial score (nSPS) is 12.2. The number of benzene rings is 2. The van der Waals surface area contributed by atoms with E-state index in [1.807, 2.05) is 43.0 Å². The molecule has 2 aromatic rings. The average molecular weight is 327 g/mol. The van der Waals surface area contributed by atoms with Gasteiger partial charge in [0.25, 0.3) is 0 Å². The number of fused-ring (bicyclic) bond motifs is 1. The summed E-state index contributed by atoms with van der Waals surface area (Å²) in [6.07, 6.45) is 0. The molecule has 0 fully saturated rings. The molecule has 128 valence electrons. The van der Waals surface area contributed by atoms with Gasteiger partial charge >= 0.3 is 0 Å². The molecule has 5 heteroatoms.